The summed E-state index contributed by atoms with van der Waals surface area (Å²) in [6.45, 7) is 1.41. The number of nitrogen functional groups attached to an aromatic ring is 1. The number of carbonyl (C=O) groups excluding carboxylic acids is 1. The normalized spacial score (nSPS) is 17.4. The number of amides is 1. The Morgan fingerprint density at radius 2 is 2.00 bits per heavy atom. The summed E-state index contributed by atoms with van der Waals surface area (Å²) in [6.07, 6.45) is 0.203. The molecule has 8 nitrogen and oxygen atoms in total. The van der Waals surface area contributed by atoms with Gasteiger partial charge in [0.25, 0.3) is 10.2 Å². The van der Waals surface area contributed by atoms with Crippen LogP contribution in [-0.4, -0.2) is 73.1 Å². The number of nitrogens with two attached hydrogens (primary N) is 1. The summed E-state index contributed by atoms with van der Waals surface area (Å²) in [5, 5.41) is 2.21. The first-order chi connectivity index (χ1) is 9.80. The molecule has 1 aliphatic heterocycles. The molecule has 1 saturated heterocycles. The molecule has 1 aromatic rings. The van der Waals surface area contributed by atoms with Gasteiger partial charge in [-0.15, -0.1) is 11.3 Å². The second-order valence-electron chi connectivity index (χ2n) is 4.92. The van der Waals surface area contributed by atoms with Crippen molar-refractivity contribution in [1.82, 2.24) is 18.5 Å². The lowest BCUT2D eigenvalue weighted by Gasteiger charge is -2.35. The van der Waals surface area contributed by atoms with Gasteiger partial charge in [0, 0.05) is 45.7 Å². The molecule has 21 heavy (non-hydrogen) atoms. The summed E-state index contributed by atoms with van der Waals surface area (Å²) in [7, 11) is -0.404. The third-order valence-electron chi connectivity index (χ3n) is 3.28. The van der Waals surface area contributed by atoms with E-state index in [4.69, 9.17) is 5.73 Å². The number of anilines is 1. The van der Waals surface area contributed by atoms with Crippen LogP contribution >= 0.6 is 11.3 Å². The maximum atomic E-state index is 12.1. The molecule has 1 amide bonds. The summed E-state index contributed by atoms with van der Waals surface area (Å²) in [4.78, 5) is 17.9. The van der Waals surface area contributed by atoms with Crippen LogP contribution in [0.4, 0.5) is 5.13 Å². The minimum absolute atomic E-state index is 0.0535. The largest absolute Gasteiger partial charge is 0.375 e. The maximum Gasteiger partial charge on any atom is 0.281 e. The Balaban J connectivity index is 1.90. The molecule has 0 aromatic carbocycles. The van der Waals surface area contributed by atoms with E-state index in [1.807, 2.05) is 0 Å². The zero-order valence-electron chi connectivity index (χ0n) is 12.0. The lowest BCUT2D eigenvalue weighted by Crippen LogP contribution is -2.53. The predicted molar refractivity (Wildman–Crippen MR) is 81.0 cm³/mol. The fourth-order valence-corrected chi connectivity index (χ4v) is 3.72. The van der Waals surface area contributed by atoms with Crippen molar-refractivity contribution in [3.8, 4) is 0 Å². The smallest absolute Gasteiger partial charge is 0.281 e. The highest BCUT2D eigenvalue weighted by atomic mass is 32.2. The summed E-state index contributed by atoms with van der Waals surface area (Å²) < 4.78 is 26.5. The highest BCUT2D eigenvalue weighted by Crippen LogP contribution is 2.14. The van der Waals surface area contributed by atoms with Gasteiger partial charge in [0.2, 0.25) is 5.91 Å². The van der Waals surface area contributed by atoms with E-state index in [-0.39, 0.29) is 12.3 Å². The van der Waals surface area contributed by atoms with Gasteiger partial charge in [0.15, 0.2) is 5.13 Å². The summed E-state index contributed by atoms with van der Waals surface area (Å²) >= 11 is 1.30. The molecule has 0 atom stereocenters. The van der Waals surface area contributed by atoms with Crippen molar-refractivity contribution in [3.63, 3.8) is 0 Å². The van der Waals surface area contributed by atoms with Crippen molar-refractivity contribution in [1.29, 1.82) is 0 Å². The second kappa shape index (κ2) is 6.26. The van der Waals surface area contributed by atoms with Crippen LogP contribution < -0.4 is 5.73 Å². The molecule has 1 aromatic heterocycles. The molecule has 118 valence electrons. The van der Waals surface area contributed by atoms with E-state index in [0.29, 0.717) is 37.0 Å². The molecule has 10 heteroatoms. The SMILES string of the molecule is CN(C)S(=O)(=O)N1CCN(C(=O)Cc2csc(N)n2)CC1. The van der Waals surface area contributed by atoms with Crippen molar-refractivity contribution in [2.45, 2.75) is 6.42 Å². The monoisotopic (exact) mass is 333 g/mol. The Bertz CT molecular complexity index is 605. The van der Waals surface area contributed by atoms with E-state index in [1.165, 1.54) is 34.0 Å². The minimum atomic E-state index is -3.40. The quantitative estimate of drug-likeness (QED) is 0.779. The number of aromatic nitrogens is 1. The van der Waals surface area contributed by atoms with E-state index >= 15 is 0 Å². The van der Waals surface area contributed by atoms with E-state index in [1.54, 1.807) is 10.3 Å². The van der Waals surface area contributed by atoms with Crippen LogP contribution in [0.2, 0.25) is 0 Å². The minimum Gasteiger partial charge on any atom is -0.375 e. The van der Waals surface area contributed by atoms with Gasteiger partial charge >= 0.3 is 0 Å². The maximum absolute atomic E-state index is 12.1. The first kappa shape index (κ1) is 16.1. The fourth-order valence-electron chi connectivity index (χ4n) is 2.07. The molecule has 0 radical (unpaired) electrons. The number of carbonyl (C=O) groups is 1. The van der Waals surface area contributed by atoms with Crippen molar-refractivity contribution in [3.05, 3.63) is 11.1 Å². The Morgan fingerprint density at radius 3 is 2.48 bits per heavy atom. The molecule has 1 aliphatic rings. The molecule has 2 heterocycles. The van der Waals surface area contributed by atoms with Crippen molar-refractivity contribution < 1.29 is 13.2 Å². The lowest BCUT2D eigenvalue weighted by molar-refractivity contribution is -0.131. The number of thiazole rings is 1. The standard InChI is InChI=1S/C11H19N5O3S2/c1-14(2)21(18,19)16-5-3-15(4-6-16)10(17)7-9-8-20-11(12)13-9/h8H,3-7H2,1-2H3,(H2,12,13). The molecule has 0 aliphatic carbocycles. The van der Waals surface area contributed by atoms with Crippen LogP contribution in [0.3, 0.4) is 0 Å². The molecular formula is C11H19N5O3S2. The van der Waals surface area contributed by atoms with Gasteiger partial charge in [-0.05, 0) is 0 Å². The molecule has 2 rings (SSSR count). The molecule has 0 saturated carbocycles. The zero-order chi connectivity index (χ0) is 15.6. The molecule has 0 bridgehead atoms. The third kappa shape index (κ3) is 3.70. The lowest BCUT2D eigenvalue weighted by atomic mass is 10.2. The number of nitrogens with zero attached hydrogens (tertiary/aromatic N) is 4. The highest BCUT2D eigenvalue weighted by molar-refractivity contribution is 7.86. The van der Waals surface area contributed by atoms with Gasteiger partial charge in [0.1, 0.15) is 0 Å². The molecule has 0 unspecified atom stereocenters. The number of piperazine rings is 1. The van der Waals surface area contributed by atoms with Gasteiger partial charge < -0.3 is 10.6 Å². The molecule has 0 spiro atoms. The van der Waals surface area contributed by atoms with Gasteiger partial charge in [-0.1, -0.05) is 0 Å². The van der Waals surface area contributed by atoms with Crippen LogP contribution in [0.15, 0.2) is 5.38 Å². The van der Waals surface area contributed by atoms with E-state index in [0.717, 1.165) is 0 Å². The fraction of sp³-hybridized carbons (Fsp3) is 0.636. The van der Waals surface area contributed by atoms with Crippen molar-refractivity contribution >= 4 is 32.6 Å². The van der Waals surface area contributed by atoms with Gasteiger partial charge in [-0.3, -0.25) is 4.79 Å². The molecular weight excluding hydrogens is 314 g/mol. The Hall–Kier alpha value is -1.23. The number of rotatable bonds is 4. The summed E-state index contributed by atoms with van der Waals surface area (Å²) in [5.41, 5.74) is 6.19. The van der Waals surface area contributed by atoms with Crippen molar-refractivity contribution in [2.75, 3.05) is 46.0 Å². The Labute approximate surface area is 128 Å². The van der Waals surface area contributed by atoms with Crippen LogP contribution in [0.5, 0.6) is 0 Å². The van der Waals surface area contributed by atoms with E-state index in [9.17, 15) is 13.2 Å². The van der Waals surface area contributed by atoms with E-state index in [2.05, 4.69) is 4.98 Å². The van der Waals surface area contributed by atoms with Gasteiger partial charge in [-0.25, -0.2) is 4.98 Å². The van der Waals surface area contributed by atoms with Crippen LogP contribution in [0.25, 0.3) is 0 Å². The summed E-state index contributed by atoms with van der Waals surface area (Å²) in [5.74, 6) is -0.0535. The van der Waals surface area contributed by atoms with E-state index < -0.39 is 10.2 Å². The third-order valence-corrected chi connectivity index (χ3v) is 5.94. The first-order valence-electron chi connectivity index (χ1n) is 6.46. The number of hydrogen-bond donors (Lipinski definition) is 1. The van der Waals surface area contributed by atoms with Gasteiger partial charge in [0.05, 0.1) is 12.1 Å². The summed E-state index contributed by atoms with van der Waals surface area (Å²) in [6, 6.07) is 0. The highest BCUT2D eigenvalue weighted by Gasteiger charge is 2.30. The molecule has 1 fully saturated rings. The van der Waals surface area contributed by atoms with Crippen LogP contribution in [0, 0.1) is 0 Å². The zero-order valence-corrected chi connectivity index (χ0v) is 13.7. The first-order valence-corrected chi connectivity index (χ1v) is 8.73. The Morgan fingerprint density at radius 1 is 1.38 bits per heavy atom. The predicted octanol–water partition coefficient (Wildman–Crippen LogP) is -0.782. The van der Waals surface area contributed by atoms with Crippen molar-refractivity contribution in [2.24, 2.45) is 0 Å². The van der Waals surface area contributed by atoms with Crippen LogP contribution in [0.1, 0.15) is 5.69 Å². The molecule has 2 N–H and O–H groups in total. The average molecular weight is 333 g/mol. The number of hydrogen-bond acceptors (Lipinski definition) is 6. The topological polar surface area (TPSA) is 99.8 Å². The Kier molecular flexibility index (Phi) is 4.81. The second-order valence-corrected chi connectivity index (χ2v) is 7.96. The van der Waals surface area contributed by atoms with Crippen LogP contribution in [-0.2, 0) is 21.4 Å². The average Bonchev–Trinajstić information content (AvgIpc) is 2.84. The van der Waals surface area contributed by atoms with Gasteiger partial charge in [-0.2, -0.15) is 17.0 Å².